The Kier molecular flexibility index (Phi) is 1.01. The van der Waals surface area contributed by atoms with Crippen LogP contribution in [0.15, 0.2) is 18.1 Å². The smallest absolute Gasteiger partial charge is 0.0692 e. The van der Waals surface area contributed by atoms with Crippen molar-refractivity contribution in [1.82, 2.24) is 0 Å². The van der Waals surface area contributed by atoms with Crippen molar-refractivity contribution >= 4 is 28.9 Å². The zero-order valence-electron chi connectivity index (χ0n) is 7.33. The highest BCUT2D eigenvalue weighted by molar-refractivity contribution is 6.38. The van der Waals surface area contributed by atoms with E-state index in [0.29, 0.717) is 0 Å². The SMILES string of the molecule is [2H]c1c([2H])c(Cl)c(N)c(Cl)c1[2H]. The molecule has 0 radical (unpaired) electrons. The van der Waals surface area contributed by atoms with Crippen LogP contribution in [0.5, 0.6) is 0 Å². The van der Waals surface area contributed by atoms with Gasteiger partial charge in [-0.15, -0.1) is 0 Å². The van der Waals surface area contributed by atoms with Gasteiger partial charge in [-0.25, -0.2) is 0 Å². The van der Waals surface area contributed by atoms with Crippen molar-refractivity contribution in [3.05, 3.63) is 28.2 Å². The molecule has 0 unspecified atom stereocenters. The molecule has 0 bridgehead atoms. The summed E-state index contributed by atoms with van der Waals surface area (Å²) in [5.74, 6) is 0. The zero-order chi connectivity index (χ0) is 9.46. The van der Waals surface area contributed by atoms with Crippen LogP contribution in [0.1, 0.15) is 4.11 Å². The van der Waals surface area contributed by atoms with Crippen molar-refractivity contribution in [3.8, 4) is 0 Å². The molecule has 1 aromatic carbocycles. The molecule has 0 aromatic heterocycles. The molecule has 0 amide bonds. The molecule has 1 aromatic rings. The Labute approximate surface area is 67.6 Å². The summed E-state index contributed by atoms with van der Waals surface area (Å²) in [5.41, 5.74) is 5.36. The lowest BCUT2D eigenvalue weighted by Crippen LogP contribution is -1.85. The van der Waals surface area contributed by atoms with Gasteiger partial charge in [0, 0.05) is 0 Å². The van der Waals surface area contributed by atoms with Crippen LogP contribution >= 0.6 is 23.2 Å². The minimum Gasteiger partial charge on any atom is -0.396 e. The molecule has 1 rings (SSSR count). The molecule has 0 heterocycles. The Hall–Kier alpha value is -0.400. The highest BCUT2D eigenvalue weighted by Crippen LogP contribution is 2.25. The lowest BCUT2D eigenvalue weighted by atomic mass is 10.3. The number of nitrogens with two attached hydrogens (primary N) is 1. The van der Waals surface area contributed by atoms with E-state index in [2.05, 4.69) is 0 Å². The second-order valence-electron chi connectivity index (χ2n) is 1.42. The van der Waals surface area contributed by atoms with Crippen LogP contribution < -0.4 is 5.73 Å². The molecule has 0 fully saturated rings. The predicted octanol–water partition coefficient (Wildman–Crippen LogP) is 2.58. The van der Waals surface area contributed by atoms with Gasteiger partial charge in [0.1, 0.15) is 0 Å². The van der Waals surface area contributed by atoms with Crippen molar-refractivity contribution in [3.63, 3.8) is 0 Å². The Bertz CT molecular complexity index is 235. The van der Waals surface area contributed by atoms with E-state index in [-0.39, 0.29) is 33.9 Å². The molecule has 0 aliphatic carbocycles. The fourth-order valence-electron chi connectivity index (χ4n) is 0.372. The molecule has 3 heteroatoms. The van der Waals surface area contributed by atoms with Crippen LogP contribution in [-0.4, -0.2) is 0 Å². The summed E-state index contributed by atoms with van der Waals surface area (Å²) in [6.07, 6.45) is 0. The normalized spacial score (nSPS) is 14.2. The summed E-state index contributed by atoms with van der Waals surface area (Å²) in [6.45, 7) is 0. The predicted molar refractivity (Wildman–Crippen MR) is 40.9 cm³/mol. The van der Waals surface area contributed by atoms with Gasteiger partial charge in [-0.2, -0.15) is 0 Å². The Morgan fingerprint density at radius 3 is 2.22 bits per heavy atom. The van der Waals surface area contributed by atoms with Crippen molar-refractivity contribution in [2.24, 2.45) is 0 Å². The number of halogens is 2. The van der Waals surface area contributed by atoms with E-state index < -0.39 is 0 Å². The van der Waals surface area contributed by atoms with Crippen LogP contribution in [0, 0.1) is 0 Å². The topological polar surface area (TPSA) is 26.0 Å². The lowest BCUT2D eigenvalue weighted by Gasteiger charge is -1.96. The zero-order valence-corrected chi connectivity index (χ0v) is 5.85. The van der Waals surface area contributed by atoms with Crippen LogP contribution in [0.2, 0.25) is 10.0 Å². The quantitative estimate of drug-likeness (QED) is 0.587. The largest absolute Gasteiger partial charge is 0.396 e. The van der Waals surface area contributed by atoms with Crippen LogP contribution in [-0.2, 0) is 0 Å². The molecule has 2 N–H and O–H groups in total. The summed E-state index contributed by atoms with van der Waals surface area (Å²) in [7, 11) is 0. The third-order valence-electron chi connectivity index (χ3n) is 0.817. The lowest BCUT2D eigenvalue weighted by molar-refractivity contribution is 1.68. The van der Waals surface area contributed by atoms with E-state index in [4.69, 9.17) is 33.0 Å². The van der Waals surface area contributed by atoms with Gasteiger partial charge in [-0.05, 0) is 12.1 Å². The summed E-state index contributed by atoms with van der Waals surface area (Å²) in [6, 6.07) is -0.827. The highest BCUT2D eigenvalue weighted by Gasteiger charge is 1.97. The van der Waals surface area contributed by atoms with E-state index in [1.807, 2.05) is 0 Å². The van der Waals surface area contributed by atoms with E-state index in [1.165, 1.54) is 0 Å². The summed E-state index contributed by atoms with van der Waals surface area (Å²) < 4.78 is 21.7. The molecule has 0 saturated carbocycles. The maximum absolute atomic E-state index is 7.24. The summed E-state index contributed by atoms with van der Waals surface area (Å²) >= 11 is 11.1. The number of anilines is 1. The monoisotopic (exact) mass is 164 g/mol. The maximum Gasteiger partial charge on any atom is 0.0692 e. The minimum atomic E-state index is -0.306. The molecular weight excluding hydrogens is 157 g/mol. The van der Waals surface area contributed by atoms with Crippen molar-refractivity contribution in [2.75, 3.05) is 5.73 Å². The van der Waals surface area contributed by atoms with Crippen LogP contribution in [0.25, 0.3) is 0 Å². The van der Waals surface area contributed by atoms with E-state index in [1.54, 1.807) is 0 Å². The highest BCUT2D eigenvalue weighted by atomic mass is 35.5. The Morgan fingerprint density at radius 1 is 1.33 bits per heavy atom. The number of rotatable bonds is 0. The third kappa shape index (κ3) is 1.29. The first kappa shape index (κ1) is 3.69. The average molecular weight is 165 g/mol. The Morgan fingerprint density at radius 2 is 1.78 bits per heavy atom. The third-order valence-corrected chi connectivity index (χ3v) is 1.41. The number of benzene rings is 1. The molecule has 0 saturated heterocycles. The standard InChI is InChI=1S/C6H5Cl2N/c7-4-2-1-3-5(8)6(4)9/h1-3H,9H2/i1D,2D,3D. The first-order valence-corrected chi connectivity index (χ1v) is 2.92. The number of para-hydroxylation sites is 1. The fraction of sp³-hybridized carbons (Fsp3) is 0. The maximum atomic E-state index is 7.24. The van der Waals surface area contributed by atoms with Crippen LogP contribution in [0.3, 0.4) is 0 Å². The van der Waals surface area contributed by atoms with Gasteiger partial charge < -0.3 is 5.73 Å². The van der Waals surface area contributed by atoms with E-state index in [0.717, 1.165) is 0 Å². The molecule has 0 atom stereocenters. The summed E-state index contributed by atoms with van der Waals surface area (Å²) in [5, 5.41) is -0.137. The molecule has 1 nitrogen and oxygen atoms in total. The second-order valence-corrected chi connectivity index (χ2v) is 2.17. The molecule has 48 valence electrons. The first-order chi connectivity index (χ1) is 5.46. The number of hydrogen-bond donors (Lipinski definition) is 1. The molecule has 0 spiro atoms. The van der Waals surface area contributed by atoms with Gasteiger partial charge >= 0.3 is 0 Å². The van der Waals surface area contributed by atoms with Gasteiger partial charge in [0.25, 0.3) is 0 Å². The molecular formula is C6H5Cl2N. The fourth-order valence-corrected chi connectivity index (χ4v) is 0.704. The minimum absolute atomic E-state index is 0.00988. The van der Waals surface area contributed by atoms with Crippen molar-refractivity contribution < 1.29 is 4.11 Å². The summed E-state index contributed by atoms with van der Waals surface area (Å²) in [4.78, 5) is 0. The van der Waals surface area contributed by atoms with Crippen molar-refractivity contribution in [2.45, 2.75) is 0 Å². The van der Waals surface area contributed by atoms with Gasteiger partial charge in [-0.3, -0.25) is 0 Å². The van der Waals surface area contributed by atoms with Crippen LogP contribution in [0.4, 0.5) is 5.69 Å². The van der Waals surface area contributed by atoms with Gasteiger partial charge in [0.2, 0.25) is 0 Å². The van der Waals surface area contributed by atoms with Gasteiger partial charge in [-0.1, -0.05) is 29.2 Å². The molecule has 0 aliphatic heterocycles. The van der Waals surface area contributed by atoms with Gasteiger partial charge in [0.05, 0.1) is 19.8 Å². The second kappa shape index (κ2) is 2.46. The van der Waals surface area contributed by atoms with Crippen molar-refractivity contribution in [1.29, 1.82) is 0 Å². The van der Waals surface area contributed by atoms with E-state index in [9.17, 15) is 0 Å². The van der Waals surface area contributed by atoms with E-state index >= 15 is 0 Å². The molecule has 0 aliphatic rings. The Balaban J connectivity index is 3.60. The first-order valence-electron chi connectivity index (χ1n) is 3.67. The molecule has 9 heavy (non-hydrogen) atoms. The van der Waals surface area contributed by atoms with Gasteiger partial charge in [0.15, 0.2) is 0 Å². The number of hydrogen-bond acceptors (Lipinski definition) is 1. The average Bonchev–Trinajstić information content (AvgIpc) is 2.08. The number of nitrogen functional groups attached to an aromatic ring is 1.